The van der Waals surface area contributed by atoms with Gasteiger partial charge in [-0.1, -0.05) is 6.92 Å². The molecule has 6 heteroatoms. The fourth-order valence-electron chi connectivity index (χ4n) is 2.30. The summed E-state index contributed by atoms with van der Waals surface area (Å²) in [4.78, 5) is 11.7. The van der Waals surface area contributed by atoms with Crippen LogP contribution in [-0.2, 0) is 11.3 Å². The number of urea groups is 1. The number of rotatable bonds is 10. The number of nitrogens with one attached hydrogen (secondary N) is 2. The highest BCUT2D eigenvalue weighted by molar-refractivity contribution is 5.73. The smallest absolute Gasteiger partial charge is 0.314 e. The summed E-state index contributed by atoms with van der Waals surface area (Å²) in [5.74, 6) is 0.338. The number of hydrogen-bond donors (Lipinski definition) is 2. The van der Waals surface area contributed by atoms with Crippen molar-refractivity contribution < 1.29 is 9.53 Å². The zero-order chi connectivity index (χ0) is 16.4. The number of methoxy groups -OCH3 is 1. The van der Waals surface area contributed by atoms with Crippen molar-refractivity contribution in [3.05, 3.63) is 17.5 Å². The van der Waals surface area contributed by atoms with Crippen molar-refractivity contribution in [2.75, 3.05) is 26.8 Å². The summed E-state index contributed by atoms with van der Waals surface area (Å²) < 4.78 is 6.98. The summed E-state index contributed by atoms with van der Waals surface area (Å²) in [5, 5.41) is 10.2. The Balaban J connectivity index is 2.11. The second-order valence-electron chi connectivity index (χ2n) is 5.90. The maximum atomic E-state index is 11.7. The molecule has 0 radical (unpaired) electrons. The third-order valence-corrected chi connectivity index (χ3v) is 3.51. The number of unbranched alkanes of at least 4 members (excludes halogenated alkanes) is 2. The van der Waals surface area contributed by atoms with E-state index in [-0.39, 0.29) is 6.03 Å². The Morgan fingerprint density at radius 3 is 2.73 bits per heavy atom. The maximum Gasteiger partial charge on any atom is 0.314 e. The average Bonchev–Trinajstić information content (AvgIpc) is 2.78. The molecule has 0 saturated heterocycles. The average molecular weight is 310 g/mol. The summed E-state index contributed by atoms with van der Waals surface area (Å²) in [6.45, 7) is 9.12. The number of nitrogens with zero attached hydrogens (tertiary/aromatic N) is 2. The fraction of sp³-hybridized carbons (Fsp3) is 0.750. The van der Waals surface area contributed by atoms with Crippen LogP contribution in [0.2, 0.25) is 0 Å². The van der Waals surface area contributed by atoms with Crippen LogP contribution in [0.4, 0.5) is 4.79 Å². The van der Waals surface area contributed by atoms with Crippen LogP contribution < -0.4 is 10.6 Å². The molecule has 1 aromatic heterocycles. The third kappa shape index (κ3) is 7.45. The number of carbonyl (C=O) groups excluding carboxylic acids is 1. The number of hydrogen-bond acceptors (Lipinski definition) is 3. The number of aryl methyl sites for hydroxylation is 2. The summed E-state index contributed by atoms with van der Waals surface area (Å²) in [7, 11) is 1.71. The van der Waals surface area contributed by atoms with Crippen LogP contribution in [0.1, 0.15) is 37.6 Å². The van der Waals surface area contributed by atoms with Crippen LogP contribution in [0.5, 0.6) is 0 Å². The Bertz CT molecular complexity index is 445. The molecule has 6 nitrogen and oxygen atoms in total. The number of carbonyl (C=O) groups is 1. The van der Waals surface area contributed by atoms with E-state index in [4.69, 9.17) is 4.74 Å². The Morgan fingerprint density at radius 2 is 2.09 bits per heavy atom. The summed E-state index contributed by atoms with van der Waals surface area (Å²) >= 11 is 0. The van der Waals surface area contributed by atoms with Crippen LogP contribution in [0.25, 0.3) is 0 Å². The van der Waals surface area contributed by atoms with Crippen LogP contribution >= 0.6 is 0 Å². The molecule has 0 bridgehead atoms. The first-order chi connectivity index (χ1) is 10.5. The lowest BCUT2D eigenvalue weighted by molar-refractivity contribution is 0.192. The van der Waals surface area contributed by atoms with Gasteiger partial charge in [0.05, 0.1) is 5.69 Å². The molecule has 0 saturated carbocycles. The van der Waals surface area contributed by atoms with Gasteiger partial charge >= 0.3 is 6.03 Å². The van der Waals surface area contributed by atoms with Crippen LogP contribution in [0, 0.1) is 19.8 Å². The van der Waals surface area contributed by atoms with Gasteiger partial charge in [0.15, 0.2) is 0 Å². The van der Waals surface area contributed by atoms with E-state index < -0.39 is 0 Å². The lowest BCUT2D eigenvalue weighted by atomic mass is 10.2. The molecule has 0 aromatic carbocycles. The highest BCUT2D eigenvalue weighted by Gasteiger charge is 2.08. The molecule has 2 N–H and O–H groups in total. The van der Waals surface area contributed by atoms with E-state index in [1.165, 1.54) is 0 Å². The van der Waals surface area contributed by atoms with Crippen LogP contribution in [0.15, 0.2) is 6.07 Å². The fourth-order valence-corrected chi connectivity index (χ4v) is 2.30. The Labute approximate surface area is 133 Å². The van der Waals surface area contributed by atoms with E-state index in [1.807, 2.05) is 11.6 Å². The third-order valence-electron chi connectivity index (χ3n) is 3.51. The second kappa shape index (κ2) is 10.2. The van der Waals surface area contributed by atoms with Gasteiger partial charge < -0.3 is 15.4 Å². The van der Waals surface area contributed by atoms with Gasteiger partial charge in [0.2, 0.25) is 0 Å². The largest absolute Gasteiger partial charge is 0.385 e. The summed E-state index contributed by atoms with van der Waals surface area (Å²) in [6.07, 6.45) is 3.10. The highest BCUT2D eigenvalue weighted by Crippen LogP contribution is 2.05. The van der Waals surface area contributed by atoms with Gasteiger partial charge in [0.1, 0.15) is 0 Å². The quantitative estimate of drug-likeness (QED) is 0.651. The van der Waals surface area contributed by atoms with Crippen molar-refractivity contribution in [1.29, 1.82) is 0 Å². The summed E-state index contributed by atoms with van der Waals surface area (Å²) in [5.41, 5.74) is 2.19. The topological polar surface area (TPSA) is 68.2 Å². The number of aromatic nitrogens is 2. The Morgan fingerprint density at radius 1 is 1.32 bits per heavy atom. The van der Waals surface area contributed by atoms with Gasteiger partial charge in [-0.2, -0.15) is 5.10 Å². The molecule has 22 heavy (non-hydrogen) atoms. The first-order valence-electron chi connectivity index (χ1n) is 8.04. The molecule has 0 aliphatic carbocycles. The monoisotopic (exact) mass is 310 g/mol. The normalized spacial score (nSPS) is 12.2. The minimum Gasteiger partial charge on any atom is -0.385 e. The molecular formula is C16H30N4O2. The highest BCUT2D eigenvalue weighted by atomic mass is 16.5. The molecule has 126 valence electrons. The molecule has 0 aliphatic rings. The van der Waals surface area contributed by atoms with Gasteiger partial charge in [-0.3, -0.25) is 4.68 Å². The van der Waals surface area contributed by atoms with Crippen molar-refractivity contribution in [1.82, 2.24) is 20.4 Å². The molecule has 1 heterocycles. The van der Waals surface area contributed by atoms with E-state index in [1.54, 1.807) is 7.11 Å². The van der Waals surface area contributed by atoms with Gasteiger partial charge in [0, 0.05) is 39.0 Å². The summed E-state index contributed by atoms with van der Waals surface area (Å²) in [6, 6.07) is 1.98. The van der Waals surface area contributed by atoms with Crippen molar-refractivity contribution >= 4 is 6.03 Å². The van der Waals surface area contributed by atoms with Gasteiger partial charge in [-0.15, -0.1) is 0 Å². The molecule has 1 unspecified atom stereocenters. The zero-order valence-corrected chi connectivity index (χ0v) is 14.3. The van der Waals surface area contributed by atoms with E-state index in [2.05, 4.69) is 35.6 Å². The zero-order valence-electron chi connectivity index (χ0n) is 14.3. The minimum absolute atomic E-state index is 0.0908. The predicted molar refractivity (Wildman–Crippen MR) is 88.0 cm³/mol. The first-order valence-corrected chi connectivity index (χ1v) is 8.04. The predicted octanol–water partition coefficient (Wildman–Crippen LogP) is 2.25. The van der Waals surface area contributed by atoms with Gasteiger partial charge in [-0.25, -0.2) is 4.79 Å². The van der Waals surface area contributed by atoms with Crippen LogP contribution in [-0.4, -0.2) is 42.6 Å². The first kappa shape index (κ1) is 18.5. The molecule has 0 fully saturated rings. The van der Waals surface area contributed by atoms with Gasteiger partial charge in [0.25, 0.3) is 0 Å². The molecule has 1 atom stereocenters. The molecule has 0 spiro atoms. The van der Waals surface area contributed by atoms with E-state index >= 15 is 0 Å². The number of amides is 2. The minimum atomic E-state index is -0.0908. The lowest BCUT2D eigenvalue weighted by Gasteiger charge is -2.14. The van der Waals surface area contributed by atoms with Crippen molar-refractivity contribution in [2.45, 2.75) is 46.6 Å². The molecule has 1 aromatic rings. The van der Waals surface area contributed by atoms with E-state index in [0.29, 0.717) is 19.0 Å². The SMILES string of the molecule is COCCCCCNC(=O)NCC(C)Cn1nc(C)cc1C. The molecule has 1 rings (SSSR count). The van der Waals surface area contributed by atoms with Crippen LogP contribution in [0.3, 0.4) is 0 Å². The Kier molecular flexibility index (Phi) is 8.58. The van der Waals surface area contributed by atoms with E-state index in [0.717, 1.165) is 43.8 Å². The molecule has 0 aliphatic heterocycles. The van der Waals surface area contributed by atoms with E-state index in [9.17, 15) is 4.79 Å². The van der Waals surface area contributed by atoms with Crippen molar-refractivity contribution in [3.63, 3.8) is 0 Å². The molecule has 2 amide bonds. The maximum absolute atomic E-state index is 11.7. The second-order valence-corrected chi connectivity index (χ2v) is 5.90. The lowest BCUT2D eigenvalue weighted by Crippen LogP contribution is -2.39. The van der Waals surface area contributed by atoms with Gasteiger partial charge in [-0.05, 0) is 45.1 Å². The van der Waals surface area contributed by atoms with Crippen molar-refractivity contribution in [3.8, 4) is 0 Å². The Hall–Kier alpha value is -1.56. The van der Waals surface area contributed by atoms with Crippen molar-refractivity contribution in [2.24, 2.45) is 5.92 Å². The standard InChI is InChI=1S/C16H30N4O2/c1-13(12-20-15(3)10-14(2)19-20)11-18-16(21)17-8-6-5-7-9-22-4/h10,13H,5-9,11-12H2,1-4H3,(H2,17,18,21). The number of ether oxygens (including phenoxy) is 1. The molecular weight excluding hydrogens is 280 g/mol.